The number of hydrogen-bond acceptors (Lipinski definition) is 3. The zero-order valence-corrected chi connectivity index (χ0v) is 17.9. The van der Waals surface area contributed by atoms with E-state index in [-0.39, 0.29) is 10.8 Å². The Morgan fingerprint density at radius 3 is 1.17 bits per heavy atom. The van der Waals surface area contributed by atoms with E-state index in [4.69, 9.17) is 4.98 Å². The van der Waals surface area contributed by atoms with Gasteiger partial charge in [-0.3, -0.25) is 4.98 Å². The van der Waals surface area contributed by atoms with Crippen LogP contribution in [-0.4, -0.2) is 4.98 Å². The Bertz CT molecular complexity index is 858. The van der Waals surface area contributed by atoms with Crippen LogP contribution < -0.4 is 0 Å². The first kappa shape index (κ1) is 17.8. The highest BCUT2D eigenvalue weighted by Crippen LogP contribution is 2.63. The average Bonchev–Trinajstić information content (AvgIpc) is 2.70. The Morgan fingerprint density at radius 2 is 0.900 bits per heavy atom. The van der Waals surface area contributed by atoms with Crippen LogP contribution in [0.5, 0.6) is 0 Å². The zero-order chi connectivity index (χ0) is 20.1. The van der Waals surface area contributed by atoms with Crippen molar-refractivity contribution in [1.82, 2.24) is 4.98 Å². The Hall–Kier alpha value is -1.87. The molecule has 8 bridgehead atoms. The van der Waals surface area contributed by atoms with Crippen molar-refractivity contribution in [3.05, 3.63) is 28.6 Å². The van der Waals surface area contributed by atoms with Gasteiger partial charge in [-0.25, -0.2) is 0 Å². The van der Waals surface area contributed by atoms with Gasteiger partial charge in [0, 0.05) is 10.8 Å². The van der Waals surface area contributed by atoms with Crippen molar-refractivity contribution < 1.29 is 0 Å². The molecule has 0 N–H and O–H groups in total. The molecule has 3 heteroatoms. The van der Waals surface area contributed by atoms with E-state index in [1.807, 2.05) is 6.07 Å². The molecular weight excluding hydrogens is 366 g/mol. The van der Waals surface area contributed by atoms with Crippen LogP contribution in [0, 0.1) is 58.2 Å². The Morgan fingerprint density at radius 1 is 0.600 bits per heavy atom. The molecule has 8 saturated carbocycles. The monoisotopic (exact) mass is 397 g/mol. The second-order valence-electron chi connectivity index (χ2n) is 12.4. The number of aromatic nitrogens is 1. The molecule has 0 amide bonds. The highest BCUT2D eigenvalue weighted by Gasteiger charge is 2.56. The van der Waals surface area contributed by atoms with Crippen LogP contribution in [0.3, 0.4) is 0 Å². The van der Waals surface area contributed by atoms with Crippen LogP contribution in [-0.2, 0) is 10.8 Å². The van der Waals surface area contributed by atoms with Gasteiger partial charge in [-0.15, -0.1) is 0 Å². The third-order valence-corrected chi connectivity index (χ3v) is 10.3. The number of hydrogen-bond donors (Lipinski definition) is 0. The molecular formula is C27H31N3. The minimum Gasteiger partial charge on any atom is -0.254 e. The van der Waals surface area contributed by atoms with Gasteiger partial charge < -0.3 is 0 Å². The summed E-state index contributed by atoms with van der Waals surface area (Å²) >= 11 is 0. The lowest BCUT2D eigenvalue weighted by atomic mass is 9.47. The minimum absolute atomic E-state index is 0.116. The van der Waals surface area contributed by atoms with Gasteiger partial charge in [0.25, 0.3) is 0 Å². The Kier molecular flexibility index (Phi) is 3.48. The summed E-state index contributed by atoms with van der Waals surface area (Å²) in [6, 6.07) is 6.92. The molecule has 0 radical (unpaired) electrons. The minimum atomic E-state index is 0.116. The van der Waals surface area contributed by atoms with E-state index in [0.29, 0.717) is 11.1 Å². The van der Waals surface area contributed by atoms with Gasteiger partial charge in [-0.2, -0.15) is 10.5 Å². The summed E-state index contributed by atoms with van der Waals surface area (Å²) in [6.45, 7) is 0. The smallest absolute Gasteiger partial charge is 0.101 e. The number of nitrogens with zero attached hydrogens (tertiary/aromatic N) is 3. The maximum absolute atomic E-state index is 10.1. The molecule has 0 unspecified atom stereocenters. The van der Waals surface area contributed by atoms with Gasteiger partial charge >= 0.3 is 0 Å². The maximum Gasteiger partial charge on any atom is 0.101 e. The van der Waals surface area contributed by atoms with Gasteiger partial charge in [0.05, 0.1) is 22.5 Å². The molecule has 0 spiro atoms. The first-order chi connectivity index (χ1) is 14.6. The molecule has 0 aliphatic heterocycles. The SMILES string of the molecule is N#Cc1cc(C#N)c(C23CC4CC(CC(C4)C2)C3)nc1C12CC3CC(CC(C3)C1)C2. The molecule has 9 rings (SSSR count). The molecule has 8 aliphatic rings. The second kappa shape index (κ2) is 5.88. The molecule has 30 heavy (non-hydrogen) atoms. The molecule has 8 fully saturated rings. The van der Waals surface area contributed by atoms with E-state index in [1.165, 1.54) is 77.0 Å². The van der Waals surface area contributed by atoms with E-state index in [2.05, 4.69) is 12.1 Å². The van der Waals surface area contributed by atoms with Crippen molar-refractivity contribution in [3.8, 4) is 12.1 Å². The third-order valence-electron chi connectivity index (χ3n) is 10.3. The summed E-state index contributed by atoms with van der Waals surface area (Å²) in [5.74, 6) is 5.02. The number of pyridine rings is 1. The van der Waals surface area contributed by atoms with Gasteiger partial charge in [-0.1, -0.05) is 0 Å². The van der Waals surface area contributed by atoms with E-state index in [1.54, 1.807) is 0 Å². The van der Waals surface area contributed by atoms with Crippen molar-refractivity contribution in [2.75, 3.05) is 0 Å². The Balaban J connectivity index is 1.39. The fourth-order valence-corrected chi connectivity index (χ4v) is 10.3. The molecule has 1 heterocycles. The van der Waals surface area contributed by atoms with Crippen LogP contribution in [0.1, 0.15) is 99.6 Å². The highest BCUT2D eigenvalue weighted by atomic mass is 14.8. The first-order valence-corrected chi connectivity index (χ1v) is 12.4. The van der Waals surface area contributed by atoms with Crippen molar-refractivity contribution in [3.63, 3.8) is 0 Å². The van der Waals surface area contributed by atoms with Crippen molar-refractivity contribution in [1.29, 1.82) is 10.5 Å². The molecule has 8 aliphatic carbocycles. The van der Waals surface area contributed by atoms with Crippen LogP contribution in [0.2, 0.25) is 0 Å². The van der Waals surface area contributed by atoms with Crippen LogP contribution in [0.4, 0.5) is 0 Å². The molecule has 3 nitrogen and oxygen atoms in total. The predicted octanol–water partition coefficient (Wildman–Crippen LogP) is 5.76. The Labute approximate surface area is 179 Å². The van der Waals surface area contributed by atoms with Gasteiger partial charge in [0.15, 0.2) is 0 Å². The lowest BCUT2D eigenvalue weighted by Crippen LogP contribution is -2.51. The predicted molar refractivity (Wildman–Crippen MR) is 113 cm³/mol. The van der Waals surface area contributed by atoms with E-state index < -0.39 is 0 Å². The third kappa shape index (κ3) is 2.33. The average molecular weight is 398 g/mol. The molecule has 154 valence electrons. The first-order valence-electron chi connectivity index (χ1n) is 12.4. The lowest BCUT2D eigenvalue weighted by molar-refractivity contribution is -0.0126. The van der Waals surface area contributed by atoms with Crippen molar-refractivity contribution in [2.45, 2.75) is 87.9 Å². The van der Waals surface area contributed by atoms with Crippen molar-refractivity contribution >= 4 is 0 Å². The molecule has 0 aromatic carbocycles. The summed E-state index contributed by atoms with van der Waals surface area (Å²) in [4.78, 5) is 5.45. The molecule has 1 aromatic heterocycles. The topological polar surface area (TPSA) is 60.5 Å². The quantitative estimate of drug-likeness (QED) is 0.637. The van der Waals surface area contributed by atoms with Gasteiger partial charge in [0.1, 0.15) is 12.1 Å². The summed E-state index contributed by atoms with van der Waals surface area (Å²) in [5, 5.41) is 20.1. The van der Waals surface area contributed by atoms with E-state index in [0.717, 1.165) is 46.9 Å². The maximum atomic E-state index is 10.1. The summed E-state index contributed by atoms with van der Waals surface area (Å²) in [6.07, 6.45) is 15.8. The summed E-state index contributed by atoms with van der Waals surface area (Å²) in [7, 11) is 0. The molecule has 0 saturated heterocycles. The number of rotatable bonds is 2. The normalized spacial score (nSPS) is 47.3. The van der Waals surface area contributed by atoms with Crippen molar-refractivity contribution in [2.24, 2.45) is 35.5 Å². The van der Waals surface area contributed by atoms with E-state index in [9.17, 15) is 10.5 Å². The summed E-state index contributed by atoms with van der Waals surface area (Å²) < 4.78 is 0. The number of nitriles is 2. The standard InChI is InChI=1S/C27H31N3/c28-14-22-7-23(15-29)25(27-11-19-4-20(12-27)6-21(5-19)13-27)30-24(22)26-8-16-1-17(9-26)3-18(2-16)10-26/h7,16-21H,1-6,8-13H2. The highest BCUT2D eigenvalue weighted by molar-refractivity contribution is 5.50. The van der Waals surface area contributed by atoms with Gasteiger partial charge in [-0.05, 0) is 119 Å². The molecule has 0 atom stereocenters. The van der Waals surface area contributed by atoms with Gasteiger partial charge in [0.2, 0.25) is 0 Å². The molecule has 1 aromatic rings. The van der Waals surface area contributed by atoms with Crippen LogP contribution in [0.15, 0.2) is 6.07 Å². The van der Waals surface area contributed by atoms with E-state index >= 15 is 0 Å². The second-order valence-corrected chi connectivity index (χ2v) is 12.4. The lowest BCUT2D eigenvalue weighted by Gasteiger charge is -2.58. The fraction of sp³-hybridized carbons (Fsp3) is 0.741. The van der Waals surface area contributed by atoms with Crippen LogP contribution >= 0.6 is 0 Å². The summed E-state index contributed by atoms with van der Waals surface area (Å²) in [5.41, 5.74) is 3.86. The van der Waals surface area contributed by atoms with Crippen LogP contribution in [0.25, 0.3) is 0 Å². The fourth-order valence-electron chi connectivity index (χ4n) is 10.3. The zero-order valence-electron chi connectivity index (χ0n) is 17.9. The largest absolute Gasteiger partial charge is 0.254 e.